The van der Waals surface area contributed by atoms with Crippen LogP contribution in [0.1, 0.15) is 28.5 Å². The molecule has 0 fully saturated rings. The molecule has 4 aromatic rings. The van der Waals surface area contributed by atoms with E-state index in [1.165, 1.54) is 43.3 Å². The summed E-state index contributed by atoms with van der Waals surface area (Å²) in [5.74, 6) is -2.63. The molecule has 2 aromatic heterocycles. The normalized spacial score (nSPS) is 11.3. The SMILES string of the molecule is CCOC(=O)c1c(-c2c(F)cccc2Cl)noc1-c1cnn(-c2ccccc2C#N)c1C(F)(F)F. The zero-order chi connectivity index (χ0) is 25.3. The maximum Gasteiger partial charge on any atom is 0.434 e. The number of halogens is 5. The molecule has 2 heterocycles. The minimum absolute atomic E-state index is 0.0744. The highest BCUT2D eigenvalue weighted by Gasteiger charge is 2.42. The number of para-hydroxylation sites is 1. The van der Waals surface area contributed by atoms with Crippen LogP contribution in [-0.2, 0) is 10.9 Å². The van der Waals surface area contributed by atoms with Gasteiger partial charge in [0.05, 0.1) is 40.2 Å². The molecule has 35 heavy (non-hydrogen) atoms. The number of benzene rings is 2. The number of nitriles is 1. The number of alkyl halides is 3. The average Bonchev–Trinajstić information content (AvgIpc) is 3.43. The van der Waals surface area contributed by atoms with Crippen LogP contribution in [0.2, 0.25) is 5.02 Å². The van der Waals surface area contributed by atoms with Crippen molar-refractivity contribution in [2.24, 2.45) is 0 Å². The molecule has 0 saturated heterocycles. The quantitative estimate of drug-likeness (QED) is 0.242. The number of esters is 1. The molecule has 0 bridgehead atoms. The van der Waals surface area contributed by atoms with Gasteiger partial charge >= 0.3 is 12.1 Å². The third kappa shape index (κ3) is 4.24. The topological polar surface area (TPSA) is 93.9 Å². The van der Waals surface area contributed by atoms with Crippen LogP contribution < -0.4 is 0 Å². The van der Waals surface area contributed by atoms with Gasteiger partial charge in [0.2, 0.25) is 0 Å². The van der Waals surface area contributed by atoms with E-state index in [1.54, 1.807) is 0 Å². The molecule has 12 heteroatoms. The number of carbonyl (C=O) groups is 1. The van der Waals surface area contributed by atoms with Crippen LogP contribution in [0.3, 0.4) is 0 Å². The van der Waals surface area contributed by atoms with Gasteiger partial charge in [-0.15, -0.1) is 0 Å². The lowest BCUT2D eigenvalue weighted by atomic mass is 10.0. The van der Waals surface area contributed by atoms with Crippen molar-refractivity contribution in [3.8, 4) is 34.3 Å². The molecule has 0 aliphatic rings. The zero-order valence-electron chi connectivity index (χ0n) is 17.7. The molecule has 0 amide bonds. The molecule has 0 atom stereocenters. The molecule has 0 spiro atoms. The van der Waals surface area contributed by atoms with E-state index in [1.807, 2.05) is 6.07 Å². The fourth-order valence-electron chi connectivity index (χ4n) is 3.48. The van der Waals surface area contributed by atoms with Gasteiger partial charge in [-0.3, -0.25) is 0 Å². The van der Waals surface area contributed by atoms with Gasteiger partial charge in [0.1, 0.15) is 23.1 Å². The van der Waals surface area contributed by atoms with Crippen molar-refractivity contribution < 1.29 is 31.6 Å². The maximum absolute atomic E-state index is 14.6. The van der Waals surface area contributed by atoms with Crippen LogP contribution in [0.5, 0.6) is 0 Å². The first-order valence-electron chi connectivity index (χ1n) is 9.95. The van der Waals surface area contributed by atoms with Crippen LogP contribution in [0.25, 0.3) is 28.3 Å². The van der Waals surface area contributed by atoms with E-state index >= 15 is 0 Å². The number of hydrogen-bond donors (Lipinski definition) is 0. The average molecular weight is 505 g/mol. The summed E-state index contributed by atoms with van der Waals surface area (Å²) in [6, 6.07) is 11.0. The summed E-state index contributed by atoms with van der Waals surface area (Å²) in [6.07, 6.45) is -4.20. The van der Waals surface area contributed by atoms with E-state index < -0.39 is 46.2 Å². The van der Waals surface area contributed by atoms with Crippen molar-refractivity contribution in [1.82, 2.24) is 14.9 Å². The Bertz CT molecular complexity index is 1450. The number of aromatic nitrogens is 3. The third-order valence-electron chi connectivity index (χ3n) is 4.91. The summed E-state index contributed by atoms with van der Waals surface area (Å²) in [7, 11) is 0. The maximum atomic E-state index is 14.6. The fraction of sp³-hybridized carbons (Fsp3) is 0.130. The molecule has 178 valence electrons. The van der Waals surface area contributed by atoms with Crippen molar-refractivity contribution in [3.63, 3.8) is 0 Å². The first kappa shape index (κ1) is 24.0. The lowest BCUT2D eigenvalue weighted by Gasteiger charge is -2.13. The first-order valence-corrected chi connectivity index (χ1v) is 10.3. The number of nitrogens with zero attached hydrogens (tertiary/aromatic N) is 4. The highest BCUT2D eigenvalue weighted by molar-refractivity contribution is 6.33. The smallest absolute Gasteiger partial charge is 0.434 e. The van der Waals surface area contributed by atoms with Gasteiger partial charge in [0.25, 0.3) is 0 Å². The van der Waals surface area contributed by atoms with Gasteiger partial charge in [-0.1, -0.05) is 35.0 Å². The molecule has 0 aliphatic heterocycles. The number of hydrogen-bond acceptors (Lipinski definition) is 6. The third-order valence-corrected chi connectivity index (χ3v) is 5.22. The number of carbonyl (C=O) groups excluding carboxylic acids is 1. The van der Waals surface area contributed by atoms with E-state index in [9.17, 15) is 27.6 Å². The molecule has 2 aromatic carbocycles. The summed E-state index contributed by atoms with van der Waals surface area (Å²) < 4.78 is 68.1. The first-order chi connectivity index (χ1) is 16.7. The van der Waals surface area contributed by atoms with Crippen molar-refractivity contribution >= 4 is 17.6 Å². The monoisotopic (exact) mass is 504 g/mol. The molecular weight excluding hydrogens is 492 g/mol. The molecule has 0 aliphatic carbocycles. The zero-order valence-corrected chi connectivity index (χ0v) is 18.5. The van der Waals surface area contributed by atoms with Gasteiger partial charge < -0.3 is 9.26 Å². The van der Waals surface area contributed by atoms with E-state index in [0.29, 0.717) is 4.68 Å². The van der Waals surface area contributed by atoms with Gasteiger partial charge in [0, 0.05) is 0 Å². The Hall–Kier alpha value is -4.17. The minimum Gasteiger partial charge on any atom is -0.462 e. The minimum atomic E-state index is -5.01. The van der Waals surface area contributed by atoms with Crippen LogP contribution in [0.15, 0.2) is 53.2 Å². The van der Waals surface area contributed by atoms with Gasteiger partial charge in [0.15, 0.2) is 11.5 Å². The summed E-state index contributed by atoms with van der Waals surface area (Å²) >= 11 is 6.09. The van der Waals surface area contributed by atoms with Crippen molar-refractivity contribution in [2.45, 2.75) is 13.1 Å². The summed E-state index contributed by atoms with van der Waals surface area (Å²) in [5, 5.41) is 16.7. The largest absolute Gasteiger partial charge is 0.462 e. The fourth-order valence-corrected chi connectivity index (χ4v) is 3.74. The molecule has 4 rings (SSSR count). The van der Waals surface area contributed by atoms with Gasteiger partial charge in [-0.2, -0.15) is 23.5 Å². The predicted octanol–water partition coefficient (Wildman–Crippen LogP) is 6.05. The van der Waals surface area contributed by atoms with Crippen LogP contribution in [0.4, 0.5) is 17.6 Å². The van der Waals surface area contributed by atoms with E-state index in [4.69, 9.17) is 20.9 Å². The second kappa shape index (κ2) is 9.23. The Balaban J connectivity index is 2.03. The Morgan fingerprint density at radius 1 is 1.23 bits per heavy atom. The molecule has 0 unspecified atom stereocenters. The Kier molecular flexibility index (Phi) is 6.32. The van der Waals surface area contributed by atoms with Gasteiger partial charge in [-0.25, -0.2) is 13.9 Å². The summed E-state index contributed by atoms with van der Waals surface area (Å²) in [6.45, 7) is 1.35. The Morgan fingerprint density at radius 3 is 2.63 bits per heavy atom. The van der Waals surface area contributed by atoms with Crippen molar-refractivity contribution in [3.05, 3.63) is 76.3 Å². The second-order valence-electron chi connectivity index (χ2n) is 7.00. The molecule has 0 saturated carbocycles. The molecule has 0 radical (unpaired) electrons. The van der Waals surface area contributed by atoms with E-state index in [-0.39, 0.29) is 28.4 Å². The molecule has 0 N–H and O–H groups in total. The highest BCUT2D eigenvalue weighted by Crippen LogP contribution is 2.43. The van der Waals surface area contributed by atoms with Crippen molar-refractivity contribution in [2.75, 3.05) is 6.61 Å². The summed E-state index contributed by atoms with van der Waals surface area (Å²) in [5.41, 5.74) is -3.56. The summed E-state index contributed by atoms with van der Waals surface area (Å²) in [4.78, 5) is 12.8. The van der Waals surface area contributed by atoms with Crippen LogP contribution in [0, 0.1) is 17.1 Å². The standard InChI is InChI=1S/C23H13ClF4N4O3/c1-2-34-22(33)18-19(17-14(24)7-5-8-15(17)25)31-35-20(18)13-11-30-32(21(13)23(26,27)28)16-9-4-3-6-12(16)10-29/h3-9,11H,2H2,1H3. The highest BCUT2D eigenvalue weighted by atomic mass is 35.5. The molecular formula is C23H13ClF4N4O3. The van der Waals surface area contributed by atoms with Crippen LogP contribution in [-0.4, -0.2) is 27.5 Å². The lowest BCUT2D eigenvalue weighted by molar-refractivity contribution is -0.142. The number of rotatable bonds is 5. The van der Waals surface area contributed by atoms with Crippen molar-refractivity contribution in [1.29, 1.82) is 5.26 Å². The van der Waals surface area contributed by atoms with Crippen LogP contribution >= 0.6 is 11.6 Å². The predicted molar refractivity (Wildman–Crippen MR) is 115 cm³/mol. The van der Waals surface area contributed by atoms with E-state index in [2.05, 4.69) is 10.3 Å². The second-order valence-corrected chi connectivity index (χ2v) is 7.41. The van der Waals surface area contributed by atoms with E-state index in [0.717, 1.165) is 12.3 Å². The number of ether oxygens (including phenoxy) is 1. The molecule has 7 nitrogen and oxygen atoms in total. The Labute approximate surface area is 200 Å². The van der Waals surface area contributed by atoms with Gasteiger partial charge in [-0.05, 0) is 31.2 Å². The lowest BCUT2D eigenvalue weighted by Crippen LogP contribution is -2.16. The Morgan fingerprint density at radius 2 is 1.97 bits per heavy atom.